The number of rotatable bonds is 4. The molecule has 2 heterocycles. The first-order chi connectivity index (χ1) is 9.75. The molecular weight excluding hydrogens is 256 g/mol. The molecule has 1 aliphatic heterocycles. The summed E-state index contributed by atoms with van der Waals surface area (Å²) in [5, 5.41) is 0. The van der Waals surface area contributed by atoms with Crippen LogP contribution >= 0.6 is 0 Å². The third-order valence-electron chi connectivity index (χ3n) is 3.39. The van der Waals surface area contributed by atoms with Crippen LogP contribution in [0.4, 0.5) is 0 Å². The number of hydrogen-bond acceptors (Lipinski definition) is 4. The van der Waals surface area contributed by atoms with Crippen molar-refractivity contribution in [3.8, 4) is 0 Å². The summed E-state index contributed by atoms with van der Waals surface area (Å²) in [4.78, 5) is 29.3. The van der Waals surface area contributed by atoms with Gasteiger partial charge < -0.3 is 9.64 Å². The summed E-state index contributed by atoms with van der Waals surface area (Å²) in [6.45, 7) is 1.40. The van der Waals surface area contributed by atoms with E-state index in [-0.39, 0.29) is 24.9 Å². The standard InChI is InChI=1S/C15H20N2O3/c18-14(17-8-3-1-2-4-9-17)12-20-15(19)10-13-6-5-7-16-11-13/h5-7,11H,1-4,8-10,12H2. The van der Waals surface area contributed by atoms with Crippen LogP contribution in [0.25, 0.3) is 0 Å². The summed E-state index contributed by atoms with van der Waals surface area (Å²) in [5.41, 5.74) is 0.791. The zero-order chi connectivity index (χ0) is 14.2. The van der Waals surface area contributed by atoms with Crippen molar-refractivity contribution in [1.29, 1.82) is 0 Å². The first-order valence-corrected chi connectivity index (χ1v) is 7.08. The van der Waals surface area contributed by atoms with Crippen molar-refractivity contribution in [2.45, 2.75) is 32.1 Å². The van der Waals surface area contributed by atoms with Crippen molar-refractivity contribution in [3.05, 3.63) is 30.1 Å². The Morgan fingerprint density at radius 1 is 1.20 bits per heavy atom. The van der Waals surface area contributed by atoms with Gasteiger partial charge in [-0.2, -0.15) is 0 Å². The van der Waals surface area contributed by atoms with E-state index in [1.165, 1.54) is 12.8 Å². The van der Waals surface area contributed by atoms with Crippen molar-refractivity contribution in [2.24, 2.45) is 0 Å². The van der Waals surface area contributed by atoms with Crippen LogP contribution in [0, 0.1) is 0 Å². The normalized spacial score (nSPS) is 15.5. The van der Waals surface area contributed by atoms with E-state index in [1.807, 2.05) is 6.07 Å². The number of nitrogens with zero attached hydrogens (tertiary/aromatic N) is 2. The number of hydrogen-bond donors (Lipinski definition) is 0. The lowest BCUT2D eigenvalue weighted by Gasteiger charge is -2.19. The third kappa shape index (κ3) is 4.64. The Morgan fingerprint density at radius 2 is 1.95 bits per heavy atom. The fourth-order valence-electron chi connectivity index (χ4n) is 2.27. The van der Waals surface area contributed by atoms with Gasteiger partial charge in [0.2, 0.25) is 0 Å². The van der Waals surface area contributed by atoms with Crippen LogP contribution in [0.5, 0.6) is 0 Å². The lowest BCUT2D eigenvalue weighted by molar-refractivity contribution is -0.151. The Labute approximate surface area is 118 Å². The molecule has 5 nitrogen and oxygen atoms in total. The van der Waals surface area contributed by atoms with Crippen LogP contribution in [0.3, 0.4) is 0 Å². The molecule has 1 aromatic rings. The third-order valence-corrected chi connectivity index (χ3v) is 3.39. The summed E-state index contributed by atoms with van der Waals surface area (Å²) in [6.07, 6.45) is 7.84. The summed E-state index contributed by atoms with van der Waals surface area (Å²) >= 11 is 0. The molecule has 5 heteroatoms. The first kappa shape index (κ1) is 14.5. The average molecular weight is 276 g/mol. The van der Waals surface area contributed by atoms with Crippen LogP contribution in [-0.2, 0) is 20.7 Å². The highest BCUT2D eigenvalue weighted by Gasteiger charge is 2.17. The Bertz CT molecular complexity index is 440. The zero-order valence-corrected chi connectivity index (χ0v) is 11.6. The molecule has 0 bridgehead atoms. The van der Waals surface area contributed by atoms with Crippen molar-refractivity contribution >= 4 is 11.9 Å². The number of amides is 1. The van der Waals surface area contributed by atoms with Crippen molar-refractivity contribution in [3.63, 3.8) is 0 Å². The highest BCUT2D eigenvalue weighted by molar-refractivity contribution is 5.81. The van der Waals surface area contributed by atoms with Gasteiger partial charge in [-0.1, -0.05) is 18.9 Å². The maximum atomic E-state index is 11.9. The van der Waals surface area contributed by atoms with Gasteiger partial charge in [-0.25, -0.2) is 0 Å². The number of carbonyl (C=O) groups excluding carboxylic acids is 2. The van der Waals surface area contributed by atoms with E-state index < -0.39 is 0 Å². The minimum atomic E-state index is -0.388. The molecule has 20 heavy (non-hydrogen) atoms. The van der Waals surface area contributed by atoms with Gasteiger partial charge in [0, 0.05) is 25.5 Å². The fraction of sp³-hybridized carbons (Fsp3) is 0.533. The highest BCUT2D eigenvalue weighted by atomic mass is 16.5. The number of carbonyl (C=O) groups is 2. The van der Waals surface area contributed by atoms with E-state index in [1.54, 1.807) is 23.4 Å². The molecule has 0 aliphatic carbocycles. The van der Waals surface area contributed by atoms with E-state index in [9.17, 15) is 9.59 Å². The summed E-state index contributed by atoms with van der Waals surface area (Å²) < 4.78 is 5.04. The van der Waals surface area contributed by atoms with E-state index in [4.69, 9.17) is 4.74 Å². The molecule has 1 fully saturated rings. The Hall–Kier alpha value is -1.91. The molecule has 0 atom stereocenters. The van der Waals surface area contributed by atoms with Crippen LogP contribution in [0.15, 0.2) is 24.5 Å². The Balaban J connectivity index is 1.73. The molecule has 0 unspecified atom stereocenters. The van der Waals surface area contributed by atoms with Gasteiger partial charge in [-0.15, -0.1) is 0 Å². The van der Waals surface area contributed by atoms with Crippen LogP contribution in [-0.4, -0.2) is 41.5 Å². The molecule has 1 saturated heterocycles. The molecule has 0 aromatic carbocycles. The molecule has 1 aromatic heterocycles. The minimum absolute atomic E-state index is 0.0913. The molecular formula is C15H20N2O3. The second kappa shape index (κ2) is 7.62. The quantitative estimate of drug-likeness (QED) is 0.783. The van der Waals surface area contributed by atoms with Gasteiger partial charge in [0.15, 0.2) is 6.61 Å². The van der Waals surface area contributed by atoms with Crippen LogP contribution < -0.4 is 0 Å². The van der Waals surface area contributed by atoms with Gasteiger partial charge in [0.1, 0.15) is 0 Å². The van der Waals surface area contributed by atoms with E-state index in [2.05, 4.69) is 4.98 Å². The second-order valence-electron chi connectivity index (χ2n) is 4.99. The van der Waals surface area contributed by atoms with E-state index >= 15 is 0 Å². The predicted molar refractivity (Wildman–Crippen MR) is 73.9 cm³/mol. The summed E-state index contributed by atoms with van der Waals surface area (Å²) in [5.74, 6) is -0.479. The highest BCUT2D eigenvalue weighted by Crippen LogP contribution is 2.09. The summed E-state index contributed by atoms with van der Waals surface area (Å²) in [6, 6.07) is 3.58. The molecule has 1 amide bonds. The van der Waals surface area contributed by atoms with Crippen LogP contribution in [0.1, 0.15) is 31.2 Å². The molecule has 0 radical (unpaired) electrons. The SMILES string of the molecule is O=C(Cc1cccnc1)OCC(=O)N1CCCCCC1. The molecule has 0 spiro atoms. The average Bonchev–Trinajstić information content (AvgIpc) is 2.75. The van der Waals surface area contributed by atoms with Gasteiger partial charge >= 0.3 is 5.97 Å². The lowest BCUT2D eigenvalue weighted by Crippen LogP contribution is -2.35. The van der Waals surface area contributed by atoms with E-state index in [0.29, 0.717) is 0 Å². The smallest absolute Gasteiger partial charge is 0.310 e. The maximum absolute atomic E-state index is 11.9. The van der Waals surface area contributed by atoms with Crippen LogP contribution in [0.2, 0.25) is 0 Å². The summed E-state index contributed by atoms with van der Waals surface area (Å²) in [7, 11) is 0. The van der Waals surface area contributed by atoms with Crippen molar-refractivity contribution < 1.29 is 14.3 Å². The number of aromatic nitrogens is 1. The van der Waals surface area contributed by atoms with Gasteiger partial charge in [0.05, 0.1) is 6.42 Å². The number of ether oxygens (including phenoxy) is 1. The van der Waals surface area contributed by atoms with Crippen molar-refractivity contribution in [1.82, 2.24) is 9.88 Å². The van der Waals surface area contributed by atoms with Gasteiger partial charge in [-0.3, -0.25) is 14.6 Å². The molecule has 0 N–H and O–H groups in total. The monoisotopic (exact) mass is 276 g/mol. The van der Waals surface area contributed by atoms with Crippen molar-refractivity contribution in [2.75, 3.05) is 19.7 Å². The van der Waals surface area contributed by atoms with Gasteiger partial charge in [0.25, 0.3) is 5.91 Å². The molecule has 108 valence electrons. The predicted octanol–water partition coefficient (Wildman–Crippen LogP) is 1.57. The topological polar surface area (TPSA) is 59.5 Å². The van der Waals surface area contributed by atoms with E-state index in [0.717, 1.165) is 31.5 Å². The number of likely N-dealkylation sites (tertiary alicyclic amines) is 1. The molecule has 0 saturated carbocycles. The zero-order valence-electron chi connectivity index (χ0n) is 11.6. The lowest BCUT2D eigenvalue weighted by atomic mass is 10.2. The fourth-order valence-corrected chi connectivity index (χ4v) is 2.27. The second-order valence-corrected chi connectivity index (χ2v) is 4.99. The molecule has 1 aliphatic rings. The Morgan fingerprint density at radius 3 is 2.60 bits per heavy atom. The minimum Gasteiger partial charge on any atom is -0.455 e. The first-order valence-electron chi connectivity index (χ1n) is 7.08. The number of esters is 1. The largest absolute Gasteiger partial charge is 0.455 e. The maximum Gasteiger partial charge on any atom is 0.310 e. The molecule has 2 rings (SSSR count). The Kier molecular flexibility index (Phi) is 5.53. The van der Waals surface area contributed by atoms with Gasteiger partial charge in [-0.05, 0) is 24.5 Å². The number of pyridine rings is 1.